The molecule has 0 aliphatic heterocycles. The highest BCUT2D eigenvalue weighted by molar-refractivity contribution is 5.85. The van der Waals surface area contributed by atoms with Gasteiger partial charge in [0, 0.05) is 5.92 Å². The second-order valence-electron chi connectivity index (χ2n) is 8.48. The van der Waals surface area contributed by atoms with E-state index in [0.717, 1.165) is 27.8 Å². The lowest BCUT2D eigenvalue weighted by atomic mass is 9.98. The Morgan fingerprint density at radius 1 is 0.789 bits per heavy atom. The van der Waals surface area contributed by atoms with E-state index in [1.807, 2.05) is 78.9 Å². The van der Waals surface area contributed by atoms with Crippen molar-refractivity contribution in [1.82, 2.24) is 10.6 Å². The Morgan fingerprint density at radius 3 is 1.89 bits per heavy atom. The largest absolute Gasteiger partial charge is 0.480 e. The molecule has 0 aromatic heterocycles. The highest BCUT2D eigenvalue weighted by Gasteiger charge is 2.29. The summed E-state index contributed by atoms with van der Waals surface area (Å²) in [5.41, 5.74) is 10.8. The fraction of sp³-hybridized carbons (Fsp3) is 0.214. The summed E-state index contributed by atoms with van der Waals surface area (Å²) in [6.45, 7) is -0.689. The van der Waals surface area contributed by atoms with E-state index in [1.54, 1.807) is 0 Å². The second-order valence-corrected chi connectivity index (χ2v) is 8.48. The van der Waals surface area contributed by atoms with Crippen molar-refractivity contribution >= 4 is 23.9 Å². The van der Waals surface area contributed by atoms with Crippen LogP contribution in [0.2, 0.25) is 0 Å². The summed E-state index contributed by atoms with van der Waals surface area (Å²) >= 11 is 0. The maximum Gasteiger partial charge on any atom is 0.407 e. The van der Waals surface area contributed by atoms with Gasteiger partial charge in [-0.15, -0.1) is 0 Å². The third kappa shape index (κ3) is 7.90. The summed E-state index contributed by atoms with van der Waals surface area (Å²) in [6, 6.07) is 24.5. The van der Waals surface area contributed by atoms with Gasteiger partial charge in [0.05, 0.1) is 0 Å². The Hall–Kier alpha value is -4.70. The number of ether oxygens (including phenoxy) is 1. The molecule has 1 atom stereocenters. The molecule has 0 radical (unpaired) electrons. The summed E-state index contributed by atoms with van der Waals surface area (Å²) in [4.78, 5) is 44.0. The lowest BCUT2D eigenvalue weighted by Gasteiger charge is -2.14. The van der Waals surface area contributed by atoms with Crippen molar-refractivity contribution in [3.63, 3.8) is 0 Å². The van der Waals surface area contributed by atoms with E-state index < -0.39 is 36.5 Å². The Bertz CT molecular complexity index is 1230. The van der Waals surface area contributed by atoms with Gasteiger partial charge in [0.2, 0.25) is 5.91 Å². The highest BCUT2D eigenvalue weighted by atomic mass is 16.5. The molecule has 1 aliphatic rings. The van der Waals surface area contributed by atoms with Gasteiger partial charge in [0.25, 0.3) is 0 Å². The Labute approximate surface area is 219 Å². The first kappa shape index (κ1) is 27.9. The summed E-state index contributed by atoms with van der Waals surface area (Å²) in [7, 11) is 0. The fourth-order valence-electron chi connectivity index (χ4n) is 3.99. The third-order valence-electron chi connectivity index (χ3n) is 5.79. The molecule has 10 heteroatoms. The van der Waals surface area contributed by atoms with Gasteiger partial charge in [-0.3, -0.25) is 14.4 Å². The smallest absolute Gasteiger partial charge is 0.407 e. The molecule has 0 heterocycles. The molecule has 0 bridgehead atoms. The quantitative estimate of drug-likeness (QED) is 0.287. The molecule has 4 rings (SSSR count). The molecular formula is C28H29N3O7. The van der Waals surface area contributed by atoms with Crippen LogP contribution in [-0.4, -0.2) is 59.9 Å². The van der Waals surface area contributed by atoms with Crippen LogP contribution in [0.15, 0.2) is 78.9 Å². The zero-order valence-electron chi connectivity index (χ0n) is 20.5. The maximum atomic E-state index is 11.8. The van der Waals surface area contributed by atoms with E-state index in [9.17, 15) is 19.2 Å². The first-order valence-electron chi connectivity index (χ1n) is 11.9. The number of hydrogen-bond donors (Lipinski definition) is 5. The SMILES string of the molecule is NC(Cc1ccccc1)C(=O)O.O=C(O)CNC(=O)CNC(=O)OCC1c2ccccc2-c2ccccc21. The average Bonchev–Trinajstić information content (AvgIpc) is 3.24. The van der Waals surface area contributed by atoms with Crippen molar-refractivity contribution in [3.8, 4) is 11.1 Å². The molecular weight excluding hydrogens is 490 g/mol. The standard InChI is InChI=1S/C19H18N2O5.C9H11NO2/c22-17(20-10-18(23)24)9-21-19(25)26-11-16-14-7-3-1-5-12(14)13-6-2-4-8-15(13)16;10-8(9(11)12)6-7-4-2-1-3-5-7/h1-8,16H,9-11H2,(H,20,22)(H,21,25)(H,23,24);1-5,8H,6,10H2,(H,11,12). The van der Waals surface area contributed by atoms with E-state index in [4.69, 9.17) is 20.7 Å². The van der Waals surface area contributed by atoms with Crippen LogP contribution in [0.3, 0.4) is 0 Å². The Balaban J connectivity index is 0.000000279. The second kappa shape index (κ2) is 13.6. The molecule has 3 aromatic rings. The van der Waals surface area contributed by atoms with Gasteiger partial charge < -0.3 is 31.3 Å². The van der Waals surface area contributed by atoms with E-state index in [2.05, 4.69) is 10.6 Å². The fourth-order valence-corrected chi connectivity index (χ4v) is 3.99. The number of rotatable bonds is 9. The minimum atomic E-state index is -1.15. The van der Waals surface area contributed by atoms with Crippen LogP contribution in [-0.2, 0) is 25.5 Å². The van der Waals surface area contributed by atoms with E-state index in [-0.39, 0.29) is 19.1 Å². The molecule has 2 amide bonds. The summed E-state index contributed by atoms with van der Waals surface area (Å²) in [6.07, 6.45) is -0.340. The number of alkyl carbamates (subject to hydrolysis) is 1. The van der Waals surface area contributed by atoms with Crippen molar-refractivity contribution in [2.45, 2.75) is 18.4 Å². The average molecular weight is 520 g/mol. The molecule has 6 N–H and O–H groups in total. The molecule has 0 fully saturated rings. The van der Waals surface area contributed by atoms with Gasteiger partial charge in [-0.2, -0.15) is 0 Å². The molecule has 1 unspecified atom stereocenters. The summed E-state index contributed by atoms with van der Waals surface area (Å²) in [5, 5.41) is 21.5. The normalized spacial score (nSPS) is 12.1. The monoisotopic (exact) mass is 519 g/mol. The zero-order chi connectivity index (χ0) is 27.5. The first-order valence-corrected chi connectivity index (χ1v) is 11.9. The predicted octanol–water partition coefficient (Wildman–Crippen LogP) is 2.37. The zero-order valence-corrected chi connectivity index (χ0v) is 20.5. The molecule has 38 heavy (non-hydrogen) atoms. The van der Waals surface area contributed by atoms with Gasteiger partial charge in [-0.1, -0.05) is 78.9 Å². The maximum absolute atomic E-state index is 11.8. The van der Waals surface area contributed by atoms with Gasteiger partial charge in [-0.25, -0.2) is 4.79 Å². The van der Waals surface area contributed by atoms with Gasteiger partial charge >= 0.3 is 18.0 Å². The topological polar surface area (TPSA) is 168 Å². The van der Waals surface area contributed by atoms with Gasteiger partial charge in [-0.05, 0) is 34.2 Å². The minimum absolute atomic E-state index is 0.0611. The van der Waals surface area contributed by atoms with Crippen LogP contribution in [0.4, 0.5) is 4.79 Å². The van der Waals surface area contributed by atoms with Gasteiger partial charge in [0.1, 0.15) is 25.7 Å². The number of carboxylic acid groups (broad SMARTS) is 2. The number of fused-ring (bicyclic) bond motifs is 3. The Morgan fingerprint density at radius 2 is 1.34 bits per heavy atom. The van der Waals surface area contributed by atoms with Crippen molar-refractivity contribution < 1.29 is 34.1 Å². The minimum Gasteiger partial charge on any atom is -0.480 e. The number of carbonyl (C=O) groups is 4. The number of nitrogens with one attached hydrogen (secondary N) is 2. The number of aliphatic carboxylic acids is 2. The van der Waals surface area contributed by atoms with Crippen LogP contribution in [0.1, 0.15) is 22.6 Å². The van der Waals surface area contributed by atoms with Crippen LogP contribution in [0, 0.1) is 0 Å². The third-order valence-corrected chi connectivity index (χ3v) is 5.79. The number of nitrogens with two attached hydrogens (primary N) is 1. The number of carbonyl (C=O) groups excluding carboxylic acids is 2. The summed E-state index contributed by atoms with van der Waals surface area (Å²) < 4.78 is 5.27. The van der Waals surface area contributed by atoms with Gasteiger partial charge in [0.15, 0.2) is 0 Å². The van der Waals surface area contributed by atoms with Crippen LogP contribution in [0.5, 0.6) is 0 Å². The van der Waals surface area contributed by atoms with E-state index in [0.29, 0.717) is 6.42 Å². The van der Waals surface area contributed by atoms with Crippen molar-refractivity contribution in [1.29, 1.82) is 0 Å². The number of benzene rings is 3. The predicted molar refractivity (Wildman–Crippen MR) is 139 cm³/mol. The number of amides is 2. The molecule has 0 spiro atoms. The van der Waals surface area contributed by atoms with E-state index in [1.165, 1.54) is 0 Å². The molecule has 10 nitrogen and oxygen atoms in total. The summed E-state index contributed by atoms with van der Waals surface area (Å²) in [5.74, 6) is -2.77. The van der Waals surface area contributed by atoms with Crippen molar-refractivity contribution in [2.75, 3.05) is 19.7 Å². The lowest BCUT2D eigenvalue weighted by Crippen LogP contribution is -2.39. The molecule has 198 valence electrons. The molecule has 0 saturated carbocycles. The molecule has 1 aliphatic carbocycles. The number of hydrogen-bond acceptors (Lipinski definition) is 6. The lowest BCUT2D eigenvalue weighted by molar-refractivity contribution is -0.138. The molecule has 3 aromatic carbocycles. The first-order chi connectivity index (χ1) is 18.3. The van der Waals surface area contributed by atoms with Crippen LogP contribution < -0.4 is 16.4 Å². The Kier molecular flexibility index (Phi) is 9.95. The number of carboxylic acids is 2. The van der Waals surface area contributed by atoms with E-state index >= 15 is 0 Å². The van der Waals surface area contributed by atoms with Crippen LogP contribution >= 0.6 is 0 Å². The molecule has 0 saturated heterocycles. The van der Waals surface area contributed by atoms with Crippen molar-refractivity contribution in [2.24, 2.45) is 5.73 Å². The van der Waals surface area contributed by atoms with Crippen LogP contribution in [0.25, 0.3) is 11.1 Å². The highest BCUT2D eigenvalue weighted by Crippen LogP contribution is 2.44. The van der Waals surface area contributed by atoms with Crippen molar-refractivity contribution in [3.05, 3.63) is 95.6 Å².